The Morgan fingerprint density at radius 1 is 1.00 bits per heavy atom. The molecule has 1 saturated heterocycles. The smallest absolute Gasteiger partial charge is 0.338 e. The monoisotopic (exact) mass is 425 g/mol. The molecule has 7 heteroatoms. The zero-order valence-electron chi connectivity index (χ0n) is 18.5. The molecule has 0 aliphatic carbocycles. The summed E-state index contributed by atoms with van der Waals surface area (Å²) in [5.41, 5.74) is 2.23. The number of esters is 1. The van der Waals surface area contributed by atoms with Gasteiger partial charge in [-0.2, -0.15) is 0 Å². The number of hydrogen-bond acceptors (Lipinski definition) is 6. The van der Waals surface area contributed by atoms with Gasteiger partial charge in [0.25, 0.3) is 0 Å². The summed E-state index contributed by atoms with van der Waals surface area (Å²) in [7, 11) is 0. The fourth-order valence-electron chi connectivity index (χ4n) is 3.52. The largest absolute Gasteiger partial charge is 0.492 e. The van der Waals surface area contributed by atoms with Crippen LogP contribution in [0.2, 0.25) is 0 Å². The Kier molecular flexibility index (Phi) is 7.89. The molecule has 166 valence electrons. The molecule has 0 bridgehead atoms. The molecular weight excluding hydrogens is 394 g/mol. The van der Waals surface area contributed by atoms with Crippen LogP contribution in [-0.4, -0.2) is 62.2 Å². The summed E-state index contributed by atoms with van der Waals surface area (Å²) in [6, 6.07) is 14.8. The Balaban J connectivity index is 1.48. The minimum Gasteiger partial charge on any atom is -0.492 e. The Labute approximate surface area is 183 Å². The average Bonchev–Trinajstić information content (AvgIpc) is 2.75. The number of nitrogens with one attached hydrogen (secondary N) is 1. The summed E-state index contributed by atoms with van der Waals surface area (Å²) in [6.07, 6.45) is -0.167. The Bertz CT molecular complexity index is 875. The summed E-state index contributed by atoms with van der Waals surface area (Å²) < 4.78 is 10.9. The molecule has 1 aliphatic rings. The van der Waals surface area contributed by atoms with Crippen LogP contribution in [0.3, 0.4) is 0 Å². The highest BCUT2D eigenvalue weighted by atomic mass is 16.5. The summed E-state index contributed by atoms with van der Waals surface area (Å²) >= 11 is 0. The van der Waals surface area contributed by atoms with Gasteiger partial charge in [0.1, 0.15) is 5.75 Å². The molecule has 1 amide bonds. The van der Waals surface area contributed by atoms with Crippen molar-refractivity contribution < 1.29 is 19.1 Å². The van der Waals surface area contributed by atoms with Gasteiger partial charge in [-0.3, -0.25) is 9.69 Å². The zero-order valence-corrected chi connectivity index (χ0v) is 18.5. The highest BCUT2D eigenvalue weighted by Gasteiger charge is 2.21. The van der Waals surface area contributed by atoms with E-state index in [0.717, 1.165) is 37.6 Å². The van der Waals surface area contributed by atoms with E-state index in [-0.39, 0.29) is 18.0 Å². The van der Waals surface area contributed by atoms with Crippen molar-refractivity contribution in [1.29, 1.82) is 0 Å². The van der Waals surface area contributed by atoms with E-state index >= 15 is 0 Å². The van der Waals surface area contributed by atoms with Crippen LogP contribution in [0.1, 0.15) is 31.1 Å². The van der Waals surface area contributed by atoms with Gasteiger partial charge in [-0.05, 0) is 57.2 Å². The third kappa shape index (κ3) is 6.46. The first-order valence-electron chi connectivity index (χ1n) is 10.8. The Morgan fingerprint density at radius 3 is 2.32 bits per heavy atom. The molecule has 1 heterocycles. The quantitative estimate of drug-likeness (QED) is 0.654. The predicted molar refractivity (Wildman–Crippen MR) is 122 cm³/mol. The number of para-hydroxylation sites is 2. The first kappa shape index (κ1) is 22.6. The fourth-order valence-corrected chi connectivity index (χ4v) is 3.52. The van der Waals surface area contributed by atoms with Crippen LogP contribution in [0, 0.1) is 0 Å². The lowest BCUT2D eigenvalue weighted by molar-refractivity contribution is -0.117. The molecule has 31 heavy (non-hydrogen) atoms. The second-order valence-corrected chi connectivity index (χ2v) is 7.74. The number of rotatable bonds is 8. The number of ether oxygens (including phenoxy) is 2. The van der Waals surface area contributed by atoms with Crippen molar-refractivity contribution in [3.8, 4) is 5.75 Å². The molecule has 1 N–H and O–H groups in total. The normalized spacial score (nSPS) is 14.4. The van der Waals surface area contributed by atoms with Crippen molar-refractivity contribution in [3.05, 3.63) is 54.1 Å². The number of piperazine rings is 1. The van der Waals surface area contributed by atoms with Gasteiger partial charge in [0.15, 0.2) is 0 Å². The van der Waals surface area contributed by atoms with Crippen LogP contribution in [0.5, 0.6) is 5.75 Å². The van der Waals surface area contributed by atoms with Gasteiger partial charge >= 0.3 is 5.97 Å². The predicted octanol–water partition coefficient (Wildman–Crippen LogP) is 3.41. The topological polar surface area (TPSA) is 71.1 Å². The van der Waals surface area contributed by atoms with Crippen LogP contribution in [-0.2, 0) is 9.53 Å². The van der Waals surface area contributed by atoms with Crippen LogP contribution in [0.15, 0.2) is 48.5 Å². The van der Waals surface area contributed by atoms with Gasteiger partial charge in [0.05, 0.1) is 30.5 Å². The van der Waals surface area contributed by atoms with Crippen LogP contribution >= 0.6 is 0 Å². The standard InChI is InChI=1S/C24H31N3O4/c1-4-30-22-8-6-5-7-21(22)27-15-13-26(14-16-27)17-23(28)25-20-11-9-19(10-12-20)24(29)31-18(2)3/h5-12,18H,4,13-17H2,1-3H3,(H,25,28). The van der Waals surface area contributed by atoms with Gasteiger partial charge in [-0.25, -0.2) is 4.79 Å². The molecular formula is C24H31N3O4. The van der Waals surface area contributed by atoms with Gasteiger partial charge in [-0.15, -0.1) is 0 Å². The summed E-state index contributed by atoms with van der Waals surface area (Å²) in [5, 5.41) is 2.90. The number of amides is 1. The molecule has 0 radical (unpaired) electrons. The molecule has 0 spiro atoms. The first-order valence-corrected chi connectivity index (χ1v) is 10.8. The van der Waals surface area contributed by atoms with E-state index in [2.05, 4.69) is 21.2 Å². The van der Waals surface area contributed by atoms with Crippen molar-refractivity contribution in [2.75, 3.05) is 49.5 Å². The van der Waals surface area contributed by atoms with Gasteiger partial charge in [0.2, 0.25) is 5.91 Å². The molecule has 7 nitrogen and oxygen atoms in total. The lowest BCUT2D eigenvalue weighted by Crippen LogP contribution is -2.48. The van der Waals surface area contributed by atoms with Gasteiger partial charge < -0.3 is 19.7 Å². The number of anilines is 2. The van der Waals surface area contributed by atoms with Crippen LogP contribution < -0.4 is 15.0 Å². The second-order valence-electron chi connectivity index (χ2n) is 7.74. The number of carbonyl (C=O) groups is 2. The lowest BCUT2D eigenvalue weighted by Gasteiger charge is -2.36. The van der Waals surface area contributed by atoms with Crippen molar-refractivity contribution in [2.24, 2.45) is 0 Å². The van der Waals surface area contributed by atoms with E-state index in [4.69, 9.17) is 9.47 Å². The molecule has 3 rings (SSSR count). The minimum absolute atomic E-state index is 0.0688. The van der Waals surface area contributed by atoms with Crippen molar-refractivity contribution in [2.45, 2.75) is 26.9 Å². The maximum absolute atomic E-state index is 12.5. The molecule has 0 aromatic heterocycles. The van der Waals surface area contributed by atoms with E-state index in [9.17, 15) is 9.59 Å². The zero-order chi connectivity index (χ0) is 22.2. The van der Waals surface area contributed by atoms with E-state index in [1.165, 1.54) is 0 Å². The highest BCUT2D eigenvalue weighted by molar-refractivity contribution is 5.94. The van der Waals surface area contributed by atoms with Crippen molar-refractivity contribution in [3.63, 3.8) is 0 Å². The fraction of sp³-hybridized carbons (Fsp3) is 0.417. The summed E-state index contributed by atoms with van der Waals surface area (Å²) in [4.78, 5) is 28.8. The van der Waals surface area contributed by atoms with E-state index < -0.39 is 0 Å². The Hall–Kier alpha value is -3.06. The van der Waals surface area contributed by atoms with Crippen molar-refractivity contribution in [1.82, 2.24) is 4.90 Å². The molecule has 0 unspecified atom stereocenters. The molecule has 1 fully saturated rings. The van der Waals surface area contributed by atoms with Crippen molar-refractivity contribution >= 4 is 23.3 Å². The van der Waals surface area contributed by atoms with Gasteiger partial charge in [-0.1, -0.05) is 12.1 Å². The number of benzene rings is 2. The first-order chi connectivity index (χ1) is 15.0. The molecule has 2 aromatic carbocycles. The maximum atomic E-state index is 12.5. The van der Waals surface area contributed by atoms with E-state index in [0.29, 0.717) is 24.4 Å². The van der Waals surface area contributed by atoms with E-state index in [1.807, 2.05) is 39.0 Å². The van der Waals surface area contributed by atoms with Gasteiger partial charge in [0, 0.05) is 31.9 Å². The highest BCUT2D eigenvalue weighted by Crippen LogP contribution is 2.28. The molecule has 2 aromatic rings. The van der Waals surface area contributed by atoms with Crippen LogP contribution in [0.4, 0.5) is 11.4 Å². The third-order valence-electron chi connectivity index (χ3n) is 4.99. The molecule has 1 aliphatic heterocycles. The third-order valence-corrected chi connectivity index (χ3v) is 4.99. The second kappa shape index (κ2) is 10.8. The summed E-state index contributed by atoms with van der Waals surface area (Å²) in [6.45, 7) is 9.84. The summed E-state index contributed by atoms with van der Waals surface area (Å²) in [5.74, 6) is 0.467. The number of carbonyl (C=O) groups excluding carboxylic acids is 2. The number of nitrogens with zero attached hydrogens (tertiary/aromatic N) is 2. The maximum Gasteiger partial charge on any atom is 0.338 e. The van der Waals surface area contributed by atoms with E-state index in [1.54, 1.807) is 24.3 Å². The minimum atomic E-state index is -0.364. The SMILES string of the molecule is CCOc1ccccc1N1CCN(CC(=O)Nc2ccc(C(=O)OC(C)C)cc2)CC1. The number of hydrogen-bond donors (Lipinski definition) is 1. The van der Waals surface area contributed by atoms with Crippen LogP contribution in [0.25, 0.3) is 0 Å². The average molecular weight is 426 g/mol. The Morgan fingerprint density at radius 2 is 1.68 bits per heavy atom. The lowest BCUT2D eigenvalue weighted by atomic mass is 10.2. The molecule has 0 atom stereocenters. The molecule has 0 saturated carbocycles.